The van der Waals surface area contributed by atoms with Crippen LogP contribution >= 0.6 is 0 Å². The van der Waals surface area contributed by atoms with Gasteiger partial charge in [0.25, 0.3) is 11.8 Å². The van der Waals surface area contributed by atoms with Crippen molar-refractivity contribution in [2.45, 2.75) is 81.6 Å². The molecular weight excluding hydrogens is 835 g/mol. The van der Waals surface area contributed by atoms with Gasteiger partial charge in [-0.2, -0.15) is 4.31 Å². The number of nitrogens with zero attached hydrogens (tertiary/aromatic N) is 2. The molecule has 12 nitrogen and oxygen atoms in total. The van der Waals surface area contributed by atoms with Crippen LogP contribution in [0.5, 0.6) is 0 Å². The number of carboxylic acids is 2. The number of aryl methyl sites for hydroxylation is 2. The Balaban J connectivity index is 0.00000256. The van der Waals surface area contributed by atoms with Gasteiger partial charge in [0.05, 0.1) is 27.6 Å². The van der Waals surface area contributed by atoms with E-state index in [2.05, 4.69) is 15.5 Å². The number of aliphatic carboxylic acids is 1. The van der Waals surface area contributed by atoms with Gasteiger partial charge in [0.1, 0.15) is 0 Å². The summed E-state index contributed by atoms with van der Waals surface area (Å²) in [6, 6.07) is 25.4. The number of rotatable bonds is 15. The molecule has 1 heterocycles. The van der Waals surface area contributed by atoms with Gasteiger partial charge in [-0.3, -0.25) is 14.4 Å². The molecule has 0 aromatic heterocycles. The predicted octanol–water partition coefficient (Wildman–Crippen LogP) is 1.94. The molecule has 2 amide bonds. The molecule has 3 fully saturated rings. The summed E-state index contributed by atoms with van der Waals surface area (Å²) in [5.41, 5.74) is 4.43. The fourth-order valence-electron chi connectivity index (χ4n) is 7.97. The van der Waals surface area contributed by atoms with Crippen LogP contribution in [-0.4, -0.2) is 72.4 Å². The molecule has 0 unspecified atom stereocenters. The summed E-state index contributed by atoms with van der Waals surface area (Å²) < 4.78 is 29.9. The maximum absolute atomic E-state index is 14.2. The van der Waals surface area contributed by atoms with Crippen molar-refractivity contribution >= 4 is 50.8 Å². The molecule has 4 aromatic rings. The van der Waals surface area contributed by atoms with Gasteiger partial charge in [-0.25, -0.2) is 13.2 Å². The number of hydrogen-bond acceptors (Lipinski definition) is 7. The summed E-state index contributed by atoms with van der Waals surface area (Å²) in [6.45, 7) is 2.09. The molecule has 4 aromatic carbocycles. The molecule has 0 atom stereocenters. The van der Waals surface area contributed by atoms with Crippen LogP contribution in [0.3, 0.4) is 0 Å². The number of piperidine rings is 1. The zero-order valence-electron chi connectivity index (χ0n) is 36.4. The smallest absolute Gasteiger partial charge is 1.00 e. The SMILES string of the molecule is O=C(O)c1ccc(CCc2ccc(NC(=O)c3cc(N4CCCCC4)ccc3NC(=O)c3cccc(S(=O)(=O)N(CC4CC4)C4CCC(C(=O)O)CC4)c3)cc2)cc1.[H-].[H-].[K+].[K+]. The zero-order valence-corrected chi connectivity index (χ0v) is 41.5. The minimum Gasteiger partial charge on any atom is -1.00 e. The second-order valence-corrected chi connectivity index (χ2v) is 17.7. The van der Waals surface area contributed by atoms with E-state index < -0.39 is 39.7 Å². The first-order valence-electron chi connectivity index (χ1n) is 20.2. The summed E-state index contributed by atoms with van der Waals surface area (Å²) >= 11 is 0. The number of aromatic carboxylic acids is 1. The van der Waals surface area contributed by atoms with Crippen molar-refractivity contribution in [3.8, 4) is 0 Å². The third-order valence-electron chi connectivity index (χ3n) is 11.6. The molecule has 4 N–H and O–H groups in total. The molecule has 7 rings (SSSR count). The van der Waals surface area contributed by atoms with E-state index in [9.17, 15) is 32.7 Å². The quantitative estimate of drug-likeness (QED) is 0.130. The van der Waals surface area contributed by atoms with E-state index in [1.165, 1.54) is 16.4 Å². The summed E-state index contributed by atoms with van der Waals surface area (Å²) in [7, 11) is -4.01. The number of nitrogens with one attached hydrogen (secondary N) is 2. The molecule has 0 bridgehead atoms. The number of carbonyl (C=O) groups excluding carboxylic acids is 2. The van der Waals surface area contributed by atoms with Gasteiger partial charge >= 0.3 is 115 Å². The van der Waals surface area contributed by atoms with Gasteiger partial charge in [0.2, 0.25) is 10.0 Å². The van der Waals surface area contributed by atoms with Gasteiger partial charge in [-0.1, -0.05) is 30.3 Å². The second-order valence-electron chi connectivity index (χ2n) is 15.8. The number of carbonyl (C=O) groups is 4. The number of sulfonamides is 1. The van der Waals surface area contributed by atoms with Crippen LogP contribution in [0.2, 0.25) is 0 Å². The summed E-state index contributed by atoms with van der Waals surface area (Å²) in [6.07, 6.45) is 8.36. The maximum atomic E-state index is 14.2. The molecular formula is C45H52K2N4O8S. The summed E-state index contributed by atoms with van der Waals surface area (Å²) in [5.74, 6) is -2.98. The first kappa shape index (κ1) is 48.8. The molecule has 2 aliphatic carbocycles. The average Bonchev–Trinajstić information content (AvgIpc) is 4.07. The Hall–Kier alpha value is -2.26. The monoisotopic (exact) mass is 886 g/mol. The normalized spacial score (nSPS) is 17.8. The predicted molar refractivity (Wildman–Crippen MR) is 224 cm³/mol. The fraction of sp³-hybridized carbons (Fsp3) is 0.378. The summed E-state index contributed by atoms with van der Waals surface area (Å²) in [4.78, 5) is 52.8. The number of hydrogen-bond donors (Lipinski definition) is 4. The van der Waals surface area contributed by atoms with E-state index in [-0.39, 0.29) is 145 Å². The molecule has 1 saturated heterocycles. The number of anilines is 3. The molecule has 1 aliphatic heterocycles. The molecule has 308 valence electrons. The van der Waals surface area contributed by atoms with Crippen LogP contribution in [0.4, 0.5) is 17.1 Å². The number of amides is 2. The standard InChI is InChI=1S/C45H50N4O8S.2K.2H/c50-42(35-5-4-6-39(27-35)58(56,57)49(29-32-9-10-32)37-21-17-34(18-22-37)45(54)55)47-41-24-23-38(48-25-2-1-3-26-48)28-40(41)43(51)46-36-19-13-31(14-20-36)8-7-30-11-15-33(16-12-30)44(52)53;;;;/h4-6,11-16,19-20,23-24,27-28,32,34,37H,1-3,7-10,17-18,21-22,25-26,29H2,(H,46,51)(H,47,50)(H,52,53)(H,54,55);;;;/q;2*+1;2*-1. The van der Waals surface area contributed by atoms with Gasteiger partial charge < -0.3 is 28.6 Å². The fourth-order valence-corrected chi connectivity index (χ4v) is 9.78. The minimum absolute atomic E-state index is 0. The van der Waals surface area contributed by atoms with Crippen LogP contribution in [0.15, 0.2) is 95.9 Å². The van der Waals surface area contributed by atoms with Crippen molar-refractivity contribution in [2.24, 2.45) is 11.8 Å². The van der Waals surface area contributed by atoms with E-state index in [0.29, 0.717) is 37.9 Å². The van der Waals surface area contributed by atoms with Crippen LogP contribution in [-0.2, 0) is 27.7 Å². The van der Waals surface area contributed by atoms with E-state index in [1.54, 1.807) is 36.4 Å². The van der Waals surface area contributed by atoms with Crippen molar-refractivity contribution in [2.75, 3.05) is 35.2 Å². The number of benzene rings is 4. The Labute approximate surface area is 440 Å². The van der Waals surface area contributed by atoms with E-state index in [4.69, 9.17) is 5.11 Å². The molecule has 3 aliphatic rings. The molecule has 0 spiro atoms. The van der Waals surface area contributed by atoms with Crippen LogP contribution < -0.4 is 118 Å². The van der Waals surface area contributed by atoms with Gasteiger partial charge in [-0.15, -0.1) is 0 Å². The second kappa shape index (κ2) is 22.4. The minimum atomic E-state index is -4.01. The van der Waals surface area contributed by atoms with Crippen molar-refractivity contribution in [3.05, 3.63) is 119 Å². The Morgan fingerprint density at radius 3 is 1.93 bits per heavy atom. The third kappa shape index (κ3) is 12.7. The van der Waals surface area contributed by atoms with Crippen molar-refractivity contribution in [1.29, 1.82) is 0 Å². The van der Waals surface area contributed by atoms with Crippen LogP contribution in [0.25, 0.3) is 0 Å². The van der Waals surface area contributed by atoms with Crippen LogP contribution in [0, 0.1) is 11.8 Å². The van der Waals surface area contributed by atoms with E-state index >= 15 is 0 Å². The Morgan fingerprint density at radius 2 is 1.33 bits per heavy atom. The molecule has 0 radical (unpaired) electrons. The van der Waals surface area contributed by atoms with Crippen LogP contribution in [0.1, 0.15) is 103 Å². The topological polar surface area (TPSA) is 173 Å². The largest absolute Gasteiger partial charge is 1.00 e. The molecule has 15 heteroatoms. The maximum Gasteiger partial charge on any atom is 1.00 e. The van der Waals surface area contributed by atoms with Crippen molar-refractivity contribution in [1.82, 2.24) is 4.31 Å². The Morgan fingerprint density at radius 1 is 0.700 bits per heavy atom. The van der Waals surface area contributed by atoms with Gasteiger partial charge in [-0.05, 0) is 148 Å². The molecule has 2 saturated carbocycles. The van der Waals surface area contributed by atoms with Gasteiger partial charge in [0, 0.05) is 42.6 Å². The van der Waals surface area contributed by atoms with Gasteiger partial charge in [0.15, 0.2) is 0 Å². The van der Waals surface area contributed by atoms with Crippen molar-refractivity contribution < 1.29 is 143 Å². The third-order valence-corrected chi connectivity index (χ3v) is 13.5. The Bertz CT molecular complexity index is 2270. The summed E-state index contributed by atoms with van der Waals surface area (Å²) in [5, 5.41) is 24.5. The van der Waals surface area contributed by atoms with E-state index in [1.807, 2.05) is 42.5 Å². The first-order valence-corrected chi connectivity index (χ1v) is 21.7. The molecule has 60 heavy (non-hydrogen) atoms. The van der Waals surface area contributed by atoms with E-state index in [0.717, 1.165) is 74.8 Å². The zero-order chi connectivity index (χ0) is 40.8. The average molecular weight is 887 g/mol. The first-order chi connectivity index (χ1) is 27.9. The Kier molecular flexibility index (Phi) is 18.2. The number of carboxylic acid groups (broad SMARTS) is 2. The van der Waals surface area contributed by atoms with Crippen molar-refractivity contribution in [3.63, 3.8) is 0 Å².